The fourth-order valence-electron chi connectivity index (χ4n) is 2.96. The van der Waals surface area contributed by atoms with Crippen molar-refractivity contribution in [3.63, 3.8) is 0 Å². The number of carbonyl (C=O) groups is 1. The van der Waals surface area contributed by atoms with Crippen LogP contribution in [0.5, 0.6) is 5.75 Å². The van der Waals surface area contributed by atoms with Gasteiger partial charge in [0.2, 0.25) is 0 Å². The van der Waals surface area contributed by atoms with E-state index < -0.39 is 38.9 Å². The summed E-state index contributed by atoms with van der Waals surface area (Å²) in [5.41, 5.74) is -0.905. The topological polar surface area (TPSA) is 95.9 Å². The predicted molar refractivity (Wildman–Crippen MR) is 105 cm³/mol. The first-order valence-electron chi connectivity index (χ1n) is 8.61. The molecule has 0 aromatic heterocycles. The largest absolute Gasteiger partial charge is 0.486 e. The van der Waals surface area contributed by atoms with Crippen LogP contribution in [0, 0.1) is 0 Å². The molecule has 2 aromatic rings. The number of nitrogens with zero attached hydrogens (tertiary/aromatic N) is 1. The Morgan fingerprint density at radius 1 is 1.27 bits per heavy atom. The molecule has 1 atom stereocenters. The Balaban J connectivity index is 1.99. The first-order valence-corrected chi connectivity index (χ1v) is 10.8. The lowest BCUT2D eigenvalue weighted by atomic mass is 10.2. The van der Waals surface area contributed by atoms with Crippen LogP contribution in [0.4, 0.5) is 23.7 Å². The molecule has 0 fully saturated rings. The summed E-state index contributed by atoms with van der Waals surface area (Å²) in [4.78, 5) is 10.1. The third-order valence-corrected chi connectivity index (χ3v) is 6.61. The molecule has 0 saturated carbocycles. The maximum atomic E-state index is 13.2. The molecule has 0 radical (unpaired) electrons. The Bertz CT molecular complexity index is 1060. The van der Waals surface area contributed by atoms with Crippen LogP contribution in [-0.4, -0.2) is 38.8 Å². The van der Waals surface area contributed by atoms with Crippen molar-refractivity contribution in [1.82, 2.24) is 5.32 Å². The number of amides is 1. The van der Waals surface area contributed by atoms with E-state index in [1.54, 1.807) is 6.07 Å². The van der Waals surface area contributed by atoms with Gasteiger partial charge in [0.25, 0.3) is 10.0 Å². The van der Waals surface area contributed by atoms with Gasteiger partial charge in [0.1, 0.15) is 11.9 Å². The lowest BCUT2D eigenvalue weighted by molar-refractivity contribution is -0.137. The highest BCUT2D eigenvalue weighted by Gasteiger charge is 2.37. The number of rotatable bonds is 5. The van der Waals surface area contributed by atoms with Crippen molar-refractivity contribution in [2.45, 2.75) is 23.6 Å². The van der Waals surface area contributed by atoms with Crippen LogP contribution >= 0.6 is 15.9 Å². The Hall–Kier alpha value is -2.47. The number of hydrogen-bond donors (Lipinski definition) is 2. The van der Waals surface area contributed by atoms with Gasteiger partial charge >= 0.3 is 12.3 Å². The second-order valence-electron chi connectivity index (χ2n) is 6.43. The number of hydrogen-bond acceptors (Lipinski definition) is 4. The number of benzene rings is 2. The van der Waals surface area contributed by atoms with Crippen molar-refractivity contribution in [3.8, 4) is 5.75 Å². The fraction of sp³-hybridized carbons (Fsp3) is 0.278. The lowest BCUT2D eigenvalue weighted by Crippen LogP contribution is -2.44. The second-order valence-corrected chi connectivity index (χ2v) is 9.21. The van der Waals surface area contributed by atoms with Crippen molar-refractivity contribution in [3.05, 3.63) is 52.5 Å². The van der Waals surface area contributed by atoms with Gasteiger partial charge in [-0.05, 0) is 36.4 Å². The number of alkyl halides is 3. The summed E-state index contributed by atoms with van der Waals surface area (Å²) in [7, 11) is -4.35. The number of sulfonamides is 1. The van der Waals surface area contributed by atoms with E-state index in [-0.39, 0.29) is 30.9 Å². The van der Waals surface area contributed by atoms with E-state index in [2.05, 4.69) is 21.2 Å². The minimum atomic E-state index is -4.69. The number of halogens is 4. The number of ether oxygens (including phenoxy) is 1. The molecule has 0 saturated heterocycles. The Labute approximate surface area is 178 Å². The molecule has 1 aliphatic rings. The molecule has 1 heterocycles. The molecule has 12 heteroatoms. The predicted octanol–water partition coefficient (Wildman–Crippen LogP) is 4.08. The smallest absolute Gasteiger partial charge is 0.416 e. The molecular weight excluding hydrogens is 493 g/mol. The van der Waals surface area contributed by atoms with Gasteiger partial charge in [0.05, 0.1) is 22.7 Å². The number of anilines is 1. The SMILES string of the molecule is O=C(O)NCCC1CN(S(=O)(=O)c2cccc(C(F)(F)F)c2)c2cc(Br)ccc2O1. The highest BCUT2D eigenvalue weighted by Crippen LogP contribution is 2.40. The van der Waals surface area contributed by atoms with E-state index >= 15 is 0 Å². The zero-order valence-corrected chi connectivity index (χ0v) is 17.6. The molecular formula is C18H16BrF3N2O5S. The first-order chi connectivity index (χ1) is 14.0. The molecule has 2 aromatic carbocycles. The van der Waals surface area contributed by atoms with Crippen LogP contribution in [0.3, 0.4) is 0 Å². The van der Waals surface area contributed by atoms with Gasteiger partial charge < -0.3 is 15.2 Å². The minimum Gasteiger partial charge on any atom is -0.486 e. The van der Waals surface area contributed by atoms with Crippen LogP contribution in [0.15, 0.2) is 51.8 Å². The van der Waals surface area contributed by atoms with E-state index in [0.29, 0.717) is 10.5 Å². The standard InChI is InChI=1S/C18H16BrF3N2O5S/c19-12-4-5-16-15(9-12)24(10-13(29-16)6-7-23-17(25)26)30(27,28)14-3-1-2-11(8-14)18(20,21)22/h1-5,8-9,13,23H,6-7,10H2,(H,25,26). The zero-order chi connectivity index (χ0) is 22.1. The van der Waals surface area contributed by atoms with Gasteiger partial charge in [-0.15, -0.1) is 0 Å². The zero-order valence-electron chi connectivity index (χ0n) is 15.2. The third kappa shape index (κ3) is 4.81. The normalized spacial score (nSPS) is 16.5. The summed E-state index contributed by atoms with van der Waals surface area (Å²) in [6.07, 6.45) is -6.46. The van der Waals surface area contributed by atoms with E-state index in [4.69, 9.17) is 9.84 Å². The first kappa shape index (κ1) is 22.2. The molecule has 2 N–H and O–H groups in total. The molecule has 0 spiro atoms. The highest BCUT2D eigenvalue weighted by atomic mass is 79.9. The minimum absolute atomic E-state index is 0.0172. The van der Waals surface area contributed by atoms with Crippen molar-refractivity contribution in [2.75, 3.05) is 17.4 Å². The van der Waals surface area contributed by atoms with Crippen LogP contribution in [0.1, 0.15) is 12.0 Å². The van der Waals surface area contributed by atoms with Crippen LogP contribution < -0.4 is 14.4 Å². The Kier molecular flexibility index (Phi) is 6.18. The van der Waals surface area contributed by atoms with Gasteiger partial charge in [0, 0.05) is 17.4 Å². The maximum Gasteiger partial charge on any atom is 0.416 e. The summed E-state index contributed by atoms with van der Waals surface area (Å²) in [6.45, 7) is -0.174. The van der Waals surface area contributed by atoms with Crippen LogP contribution in [0.2, 0.25) is 0 Å². The molecule has 0 bridgehead atoms. The quantitative estimate of drug-likeness (QED) is 0.634. The Morgan fingerprint density at radius 2 is 2.00 bits per heavy atom. The molecule has 7 nitrogen and oxygen atoms in total. The monoisotopic (exact) mass is 508 g/mol. The lowest BCUT2D eigenvalue weighted by Gasteiger charge is -2.35. The molecule has 1 aliphatic heterocycles. The average molecular weight is 509 g/mol. The summed E-state index contributed by atoms with van der Waals surface area (Å²) in [5, 5.41) is 10.9. The van der Waals surface area contributed by atoms with E-state index in [1.807, 2.05) is 0 Å². The molecule has 30 heavy (non-hydrogen) atoms. The van der Waals surface area contributed by atoms with E-state index in [9.17, 15) is 26.4 Å². The van der Waals surface area contributed by atoms with Crippen LogP contribution in [-0.2, 0) is 16.2 Å². The summed E-state index contributed by atoms with van der Waals surface area (Å²) < 4.78 is 73.0. The van der Waals surface area contributed by atoms with Gasteiger partial charge in [-0.3, -0.25) is 4.31 Å². The number of nitrogens with one attached hydrogen (secondary N) is 1. The van der Waals surface area contributed by atoms with E-state index in [0.717, 1.165) is 22.5 Å². The van der Waals surface area contributed by atoms with Crippen molar-refractivity contribution in [2.24, 2.45) is 0 Å². The summed E-state index contributed by atoms with van der Waals surface area (Å²) in [5.74, 6) is 0.223. The molecule has 162 valence electrons. The van der Waals surface area contributed by atoms with Crippen molar-refractivity contribution < 1.29 is 36.2 Å². The van der Waals surface area contributed by atoms with Gasteiger partial charge in [0.15, 0.2) is 0 Å². The highest BCUT2D eigenvalue weighted by molar-refractivity contribution is 9.10. The molecule has 1 amide bonds. The molecule has 3 rings (SSSR count). The average Bonchev–Trinajstić information content (AvgIpc) is 2.66. The van der Waals surface area contributed by atoms with Gasteiger partial charge in [-0.1, -0.05) is 22.0 Å². The summed E-state index contributed by atoms with van der Waals surface area (Å²) in [6, 6.07) is 8.17. The maximum absolute atomic E-state index is 13.2. The number of carboxylic acid groups (broad SMARTS) is 1. The molecule has 1 unspecified atom stereocenters. The third-order valence-electron chi connectivity index (χ3n) is 4.34. The van der Waals surface area contributed by atoms with Crippen molar-refractivity contribution in [1.29, 1.82) is 0 Å². The van der Waals surface area contributed by atoms with Crippen molar-refractivity contribution >= 4 is 37.7 Å². The van der Waals surface area contributed by atoms with E-state index in [1.165, 1.54) is 12.1 Å². The summed E-state index contributed by atoms with van der Waals surface area (Å²) >= 11 is 3.25. The number of fused-ring (bicyclic) bond motifs is 1. The van der Waals surface area contributed by atoms with Crippen LogP contribution in [0.25, 0.3) is 0 Å². The second kappa shape index (κ2) is 8.34. The molecule has 0 aliphatic carbocycles. The van der Waals surface area contributed by atoms with Gasteiger partial charge in [-0.25, -0.2) is 13.2 Å². The fourth-order valence-corrected chi connectivity index (χ4v) is 4.86. The Morgan fingerprint density at radius 3 is 2.67 bits per heavy atom. The van der Waals surface area contributed by atoms with Gasteiger partial charge in [-0.2, -0.15) is 13.2 Å².